The van der Waals surface area contributed by atoms with Crippen LogP contribution < -0.4 is 4.74 Å². The zero-order chi connectivity index (χ0) is 12.3. The first kappa shape index (κ1) is 12.2. The van der Waals surface area contributed by atoms with Crippen molar-refractivity contribution in [3.05, 3.63) is 35.5 Å². The number of nitrogens with zero attached hydrogens (tertiary/aromatic N) is 2. The first-order valence-electron chi connectivity index (χ1n) is 4.97. The van der Waals surface area contributed by atoms with E-state index < -0.39 is 0 Å². The Bertz CT molecular complexity index is 519. The summed E-state index contributed by atoms with van der Waals surface area (Å²) < 4.78 is 5.27. The summed E-state index contributed by atoms with van der Waals surface area (Å²) in [5, 5.41) is 1.01. The number of rotatable bonds is 3. The lowest BCUT2D eigenvalue weighted by Gasteiger charge is -2.10. The fraction of sp³-hybridized carbons (Fsp3) is 0.167. The molecule has 0 aliphatic heterocycles. The van der Waals surface area contributed by atoms with E-state index in [2.05, 4.69) is 9.97 Å². The molecule has 2 aromatic rings. The number of benzene rings is 1. The molecule has 1 heterocycles. The fourth-order valence-corrected chi connectivity index (χ4v) is 2.16. The van der Waals surface area contributed by atoms with Gasteiger partial charge < -0.3 is 4.74 Å². The minimum atomic E-state index is 0.410. The molecule has 5 heteroatoms. The Kier molecular flexibility index (Phi) is 3.86. The topological polar surface area (TPSA) is 35.0 Å². The predicted octanol–water partition coefficient (Wildman–Crippen LogP) is 3.53. The lowest BCUT2D eigenvalue weighted by atomic mass is 10.1. The van der Waals surface area contributed by atoms with E-state index in [0.29, 0.717) is 16.2 Å². The van der Waals surface area contributed by atoms with Gasteiger partial charge in [-0.05, 0) is 11.8 Å². The van der Waals surface area contributed by atoms with Crippen LogP contribution >= 0.6 is 23.4 Å². The van der Waals surface area contributed by atoms with E-state index in [1.54, 1.807) is 7.11 Å². The van der Waals surface area contributed by atoms with Gasteiger partial charge in [0.1, 0.15) is 5.15 Å². The second kappa shape index (κ2) is 5.38. The van der Waals surface area contributed by atoms with Crippen molar-refractivity contribution in [3.63, 3.8) is 0 Å². The van der Waals surface area contributed by atoms with Crippen LogP contribution in [0.3, 0.4) is 0 Å². The summed E-state index contributed by atoms with van der Waals surface area (Å²) in [4.78, 5) is 8.51. The Balaban J connectivity index is 2.61. The van der Waals surface area contributed by atoms with Gasteiger partial charge in [0.2, 0.25) is 5.88 Å². The van der Waals surface area contributed by atoms with Crippen LogP contribution in [0, 0.1) is 0 Å². The normalized spacial score (nSPS) is 10.3. The van der Waals surface area contributed by atoms with Crippen molar-refractivity contribution >= 4 is 23.4 Å². The summed E-state index contributed by atoms with van der Waals surface area (Å²) >= 11 is 7.61. The smallest absolute Gasteiger partial charge is 0.226 e. The SMILES string of the molecule is COc1nc(SC)nc(Cl)c1-c1ccccc1. The lowest BCUT2D eigenvalue weighted by Crippen LogP contribution is -1.97. The molecule has 0 fully saturated rings. The third kappa shape index (κ3) is 2.53. The quantitative estimate of drug-likeness (QED) is 0.484. The van der Waals surface area contributed by atoms with Gasteiger partial charge >= 0.3 is 0 Å². The molecule has 1 aromatic heterocycles. The zero-order valence-corrected chi connectivity index (χ0v) is 11.0. The van der Waals surface area contributed by atoms with Crippen LogP contribution in [0.2, 0.25) is 5.15 Å². The van der Waals surface area contributed by atoms with E-state index in [1.165, 1.54) is 11.8 Å². The van der Waals surface area contributed by atoms with Gasteiger partial charge in [0.25, 0.3) is 0 Å². The maximum Gasteiger partial charge on any atom is 0.226 e. The van der Waals surface area contributed by atoms with Crippen molar-refractivity contribution in [1.82, 2.24) is 9.97 Å². The second-order valence-corrected chi connectivity index (χ2v) is 4.38. The molecule has 1 aromatic carbocycles. The van der Waals surface area contributed by atoms with Gasteiger partial charge in [-0.15, -0.1) is 0 Å². The highest BCUT2D eigenvalue weighted by molar-refractivity contribution is 7.98. The van der Waals surface area contributed by atoms with Crippen LogP contribution in [0.1, 0.15) is 0 Å². The van der Waals surface area contributed by atoms with Crippen LogP contribution in [0.4, 0.5) is 0 Å². The number of aromatic nitrogens is 2. The van der Waals surface area contributed by atoms with Crippen LogP contribution in [-0.2, 0) is 0 Å². The Morgan fingerprint density at radius 3 is 2.47 bits per heavy atom. The van der Waals surface area contributed by atoms with Gasteiger partial charge in [-0.25, -0.2) is 4.98 Å². The molecule has 2 rings (SSSR count). The molecule has 0 bridgehead atoms. The largest absolute Gasteiger partial charge is 0.480 e. The van der Waals surface area contributed by atoms with Crippen molar-refractivity contribution < 1.29 is 4.74 Å². The molecule has 0 N–H and O–H groups in total. The minimum Gasteiger partial charge on any atom is -0.480 e. The molecule has 0 unspecified atom stereocenters. The third-order valence-corrected chi connectivity index (χ3v) is 3.07. The summed E-state index contributed by atoms with van der Waals surface area (Å²) in [6.07, 6.45) is 1.90. The van der Waals surface area contributed by atoms with E-state index in [9.17, 15) is 0 Å². The highest BCUT2D eigenvalue weighted by Crippen LogP contribution is 2.34. The Morgan fingerprint density at radius 1 is 1.18 bits per heavy atom. The molecule has 0 amide bonds. The van der Waals surface area contributed by atoms with Crippen molar-refractivity contribution in [3.8, 4) is 17.0 Å². The minimum absolute atomic E-state index is 0.410. The summed E-state index contributed by atoms with van der Waals surface area (Å²) in [6.45, 7) is 0. The molecule has 3 nitrogen and oxygen atoms in total. The Labute approximate surface area is 109 Å². The number of ether oxygens (including phenoxy) is 1. The van der Waals surface area contributed by atoms with Gasteiger partial charge in [-0.1, -0.05) is 53.7 Å². The van der Waals surface area contributed by atoms with E-state index in [-0.39, 0.29) is 0 Å². The van der Waals surface area contributed by atoms with Gasteiger partial charge in [0.05, 0.1) is 12.7 Å². The van der Waals surface area contributed by atoms with Crippen LogP contribution in [0.5, 0.6) is 5.88 Å². The average molecular weight is 267 g/mol. The number of halogens is 1. The van der Waals surface area contributed by atoms with Gasteiger partial charge in [0.15, 0.2) is 5.16 Å². The molecule has 0 spiro atoms. The highest BCUT2D eigenvalue weighted by atomic mass is 35.5. The Hall–Kier alpha value is -1.26. The van der Waals surface area contributed by atoms with Crippen molar-refractivity contribution in [1.29, 1.82) is 0 Å². The van der Waals surface area contributed by atoms with Crippen molar-refractivity contribution in [2.45, 2.75) is 5.16 Å². The molecule has 0 atom stereocenters. The van der Waals surface area contributed by atoms with E-state index >= 15 is 0 Å². The third-order valence-electron chi connectivity index (χ3n) is 2.25. The molecule has 0 aliphatic carbocycles. The van der Waals surface area contributed by atoms with Crippen molar-refractivity contribution in [2.75, 3.05) is 13.4 Å². The molecule has 17 heavy (non-hydrogen) atoms. The zero-order valence-electron chi connectivity index (χ0n) is 9.48. The van der Waals surface area contributed by atoms with Crippen molar-refractivity contribution in [2.24, 2.45) is 0 Å². The predicted molar refractivity (Wildman–Crippen MR) is 70.8 cm³/mol. The van der Waals surface area contributed by atoms with Gasteiger partial charge in [-0.2, -0.15) is 4.98 Å². The molecule has 88 valence electrons. The summed E-state index contributed by atoms with van der Waals surface area (Å²) in [5.74, 6) is 0.501. The highest BCUT2D eigenvalue weighted by Gasteiger charge is 2.15. The fourth-order valence-electron chi connectivity index (χ4n) is 1.48. The molecular formula is C12H11ClN2OS. The summed E-state index contributed by atoms with van der Waals surface area (Å²) in [6, 6.07) is 9.72. The molecular weight excluding hydrogens is 256 g/mol. The van der Waals surface area contributed by atoms with Crippen LogP contribution in [-0.4, -0.2) is 23.3 Å². The maximum atomic E-state index is 6.18. The number of hydrogen-bond donors (Lipinski definition) is 0. The number of hydrogen-bond acceptors (Lipinski definition) is 4. The second-order valence-electron chi connectivity index (χ2n) is 3.25. The Morgan fingerprint density at radius 2 is 1.88 bits per heavy atom. The number of thioether (sulfide) groups is 1. The van der Waals surface area contributed by atoms with Gasteiger partial charge in [0, 0.05) is 0 Å². The van der Waals surface area contributed by atoms with Crippen LogP contribution in [0.25, 0.3) is 11.1 Å². The molecule has 0 saturated carbocycles. The molecule has 0 aliphatic rings. The standard InChI is InChI=1S/C12H11ClN2OS/c1-16-11-9(8-6-4-3-5-7-8)10(13)14-12(15-11)17-2/h3-7H,1-2H3. The average Bonchev–Trinajstić information content (AvgIpc) is 2.38. The van der Waals surface area contributed by atoms with E-state index in [4.69, 9.17) is 16.3 Å². The molecule has 0 radical (unpaired) electrons. The summed E-state index contributed by atoms with van der Waals surface area (Å²) in [7, 11) is 1.58. The van der Waals surface area contributed by atoms with E-state index in [0.717, 1.165) is 11.1 Å². The first-order chi connectivity index (χ1) is 8.26. The first-order valence-corrected chi connectivity index (χ1v) is 6.57. The summed E-state index contributed by atoms with van der Waals surface area (Å²) in [5.41, 5.74) is 1.68. The van der Waals surface area contributed by atoms with Gasteiger partial charge in [-0.3, -0.25) is 0 Å². The maximum absolute atomic E-state index is 6.18. The molecule has 0 saturated heterocycles. The lowest BCUT2D eigenvalue weighted by molar-refractivity contribution is 0.394. The van der Waals surface area contributed by atoms with Crippen LogP contribution in [0.15, 0.2) is 35.5 Å². The number of methoxy groups -OCH3 is 1. The monoisotopic (exact) mass is 266 g/mol. The van der Waals surface area contributed by atoms with E-state index in [1.807, 2.05) is 36.6 Å².